The molecule has 3 heterocycles. The number of likely N-dealkylation sites (tertiary alicyclic amines) is 1. The van der Waals surface area contributed by atoms with Crippen LogP contribution in [0, 0.1) is 12.8 Å². The van der Waals surface area contributed by atoms with E-state index in [4.69, 9.17) is 0 Å². The van der Waals surface area contributed by atoms with Crippen molar-refractivity contribution in [2.75, 3.05) is 6.54 Å². The Hall–Kier alpha value is -3.48. The van der Waals surface area contributed by atoms with E-state index in [1.165, 1.54) is 0 Å². The first-order valence-corrected chi connectivity index (χ1v) is 10.1. The molecule has 0 saturated carbocycles. The maximum absolute atomic E-state index is 12.7. The predicted octanol–water partition coefficient (Wildman–Crippen LogP) is 2.63. The predicted molar refractivity (Wildman–Crippen MR) is 113 cm³/mol. The Morgan fingerprint density at radius 2 is 1.97 bits per heavy atom. The molecule has 1 aliphatic heterocycles. The Balaban J connectivity index is 1.32. The largest absolute Gasteiger partial charge is 0.352 e. The van der Waals surface area contributed by atoms with Gasteiger partial charge in [-0.1, -0.05) is 18.2 Å². The number of benzene rings is 1. The fourth-order valence-corrected chi connectivity index (χ4v) is 3.73. The van der Waals surface area contributed by atoms with Crippen LogP contribution in [0.1, 0.15) is 29.9 Å². The van der Waals surface area contributed by atoms with Crippen molar-refractivity contribution in [2.24, 2.45) is 5.92 Å². The Morgan fingerprint density at radius 3 is 2.67 bits per heavy atom. The van der Waals surface area contributed by atoms with Crippen molar-refractivity contribution in [1.82, 2.24) is 24.8 Å². The van der Waals surface area contributed by atoms with Gasteiger partial charge in [-0.25, -0.2) is 4.98 Å². The third-order valence-electron chi connectivity index (χ3n) is 5.46. The first-order chi connectivity index (χ1) is 14.6. The molecule has 1 aromatic carbocycles. The number of amides is 2. The molecule has 1 unspecified atom stereocenters. The van der Waals surface area contributed by atoms with Crippen LogP contribution in [-0.4, -0.2) is 37.8 Å². The van der Waals surface area contributed by atoms with Crippen LogP contribution in [0.3, 0.4) is 0 Å². The number of aromatic nitrogens is 3. The van der Waals surface area contributed by atoms with Gasteiger partial charge in [0, 0.05) is 43.8 Å². The number of nitrogens with one attached hydrogen (secondary N) is 1. The average molecular weight is 403 g/mol. The highest BCUT2D eigenvalue weighted by atomic mass is 16.2. The fourth-order valence-electron chi connectivity index (χ4n) is 3.73. The van der Waals surface area contributed by atoms with E-state index in [1.54, 1.807) is 17.3 Å². The molecule has 1 aliphatic rings. The number of hydrogen-bond acceptors (Lipinski definition) is 4. The van der Waals surface area contributed by atoms with Gasteiger partial charge in [-0.15, -0.1) is 0 Å². The van der Waals surface area contributed by atoms with E-state index in [0.29, 0.717) is 32.5 Å². The molecule has 2 aromatic heterocycles. The zero-order valence-corrected chi connectivity index (χ0v) is 17.0. The number of imidazole rings is 1. The zero-order valence-electron chi connectivity index (χ0n) is 17.0. The summed E-state index contributed by atoms with van der Waals surface area (Å²) in [6, 6.07) is 13.7. The molecule has 7 nitrogen and oxygen atoms in total. The van der Waals surface area contributed by atoms with E-state index in [0.717, 1.165) is 22.8 Å². The summed E-state index contributed by atoms with van der Waals surface area (Å²) in [5.74, 6) is 0.801. The molecule has 0 spiro atoms. The van der Waals surface area contributed by atoms with E-state index in [-0.39, 0.29) is 17.7 Å². The number of piperidine rings is 1. The molecule has 1 atom stereocenters. The van der Waals surface area contributed by atoms with Crippen molar-refractivity contribution in [3.63, 3.8) is 0 Å². The standard InChI is InChI=1S/C23H25N5O2/c1-17-24-12-13-28(17)21-8-5-18(6-9-21)14-26-23(30)19-7-10-22(29)27(15-19)16-20-4-2-3-11-25-20/h2-6,8-9,11-13,19H,7,10,14-16H2,1H3,(H,26,30). The maximum atomic E-state index is 12.7. The summed E-state index contributed by atoms with van der Waals surface area (Å²) in [4.78, 5) is 35.2. The van der Waals surface area contributed by atoms with Crippen molar-refractivity contribution in [3.8, 4) is 5.69 Å². The van der Waals surface area contributed by atoms with Crippen LogP contribution in [0.5, 0.6) is 0 Å². The Labute approximate surface area is 175 Å². The number of pyridine rings is 1. The number of aryl methyl sites for hydroxylation is 1. The van der Waals surface area contributed by atoms with E-state index < -0.39 is 0 Å². The first-order valence-electron chi connectivity index (χ1n) is 10.1. The number of rotatable bonds is 6. The van der Waals surface area contributed by atoms with Gasteiger partial charge in [0.05, 0.1) is 18.2 Å². The highest BCUT2D eigenvalue weighted by Gasteiger charge is 2.30. The minimum absolute atomic E-state index is 0.0111. The third-order valence-corrected chi connectivity index (χ3v) is 5.46. The molecular formula is C23H25N5O2. The second kappa shape index (κ2) is 8.90. The van der Waals surface area contributed by atoms with Crippen molar-refractivity contribution in [2.45, 2.75) is 32.9 Å². The molecule has 0 radical (unpaired) electrons. The zero-order chi connectivity index (χ0) is 20.9. The van der Waals surface area contributed by atoms with E-state index in [9.17, 15) is 9.59 Å². The van der Waals surface area contributed by atoms with Crippen LogP contribution in [0.4, 0.5) is 0 Å². The van der Waals surface area contributed by atoms with Crippen LogP contribution >= 0.6 is 0 Å². The topological polar surface area (TPSA) is 80.1 Å². The quantitative estimate of drug-likeness (QED) is 0.686. The molecule has 2 amide bonds. The molecule has 1 fully saturated rings. The fraction of sp³-hybridized carbons (Fsp3) is 0.304. The molecule has 154 valence electrons. The maximum Gasteiger partial charge on any atom is 0.225 e. The lowest BCUT2D eigenvalue weighted by molar-refractivity contribution is -0.139. The van der Waals surface area contributed by atoms with E-state index in [1.807, 2.05) is 60.2 Å². The monoisotopic (exact) mass is 403 g/mol. The van der Waals surface area contributed by atoms with Crippen LogP contribution < -0.4 is 5.32 Å². The molecule has 30 heavy (non-hydrogen) atoms. The number of hydrogen-bond donors (Lipinski definition) is 1. The van der Waals surface area contributed by atoms with E-state index >= 15 is 0 Å². The minimum Gasteiger partial charge on any atom is -0.352 e. The Kier molecular flexibility index (Phi) is 5.88. The molecule has 1 N–H and O–H groups in total. The van der Waals surface area contributed by atoms with Crippen molar-refractivity contribution in [3.05, 3.63) is 78.1 Å². The van der Waals surface area contributed by atoms with Gasteiger partial charge >= 0.3 is 0 Å². The van der Waals surface area contributed by atoms with Crippen molar-refractivity contribution in [1.29, 1.82) is 0 Å². The molecule has 1 saturated heterocycles. The molecule has 3 aromatic rings. The van der Waals surface area contributed by atoms with Gasteiger partial charge in [0.1, 0.15) is 5.82 Å². The van der Waals surface area contributed by atoms with Crippen LogP contribution in [0.25, 0.3) is 5.69 Å². The Morgan fingerprint density at radius 1 is 1.13 bits per heavy atom. The summed E-state index contributed by atoms with van der Waals surface area (Å²) in [6.07, 6.45) is 6.39. The lowest BCUT2D eigenvalue weighted by Crippen LogP contribution is -2.45. The number of nitrogens with zero attached hydrogens (tertiary/aromatic N) is 4. The number of carbonyl (C=O) groups is 2. The van der Waals surface area contributed by atoms with Crippen LogP contribution in [-0.2, 0) is 22.7 Å². The lowest BCUT2D eigenvalue weighted by atomic mass is 9.96. The minimum atomic E-state index is -0.195. The molecule has 0 aliphatic carbocycles. The summed E-state index contributed by atoms with van der Waals surface area (Å²) >= 11 is 0. The molecular weight excluding hydrogens is 378 g/mol. The summed E-state index contributed by atoms with van der Waals surface area (Å²) in [6.45, 7) is 3.30. The van der Waals surface area contributed by atoms with Gasteiger partial charge in [0.2, 0.25) is 11.8 Å². The van der Waals surface area contributed by atoms with Crippen molar-refractivity contribution >= 4 is 11.8 Å². The first kappa shape index (κ1) is 19.8. The summed E-state index contributed by atoms with van der Waals surface area (Å²) in [5, 5.41) is 3.02. The lowest BCUT2D eigenvalue weighted by Gasteiger charge is -2.31. The van der Waals surface area contributed by atoms with E-state index in [2.05, 4.69) is 15.3 Å². The van der Waals surface area contributed by atoms with Crippen LogP contribution in [0.2, 0.25) is 0 Å². The summed E-state index contributed by atoms with van der Waals surface area (Å²) in [7, 11) is 0. The van der Waals surface area contributed by atoms with Gasteiger partial charge in [0.25, 0.3) is 0 Å². The van der Waals surface area contributed by atoms with Crippen LogP contribution in [0.15, 0.2) is 61.1 Å². The summed E-state index contributed by atoms with van der Waals surface area (Å²) in [5.41, 5.74) is 2.90. The number of carbonyl (C=O) groups excluding carboxylic acids is 2. The molecule has 4 rings (SSSR count). The highest BCUT2D eigenvalue weighted by molar-refractivity contribution is 5.83. The smallest absolute Gasteiger partial charge is 0.225 e. The average Bonchev–Trinajstić information content (AvgIpc) is 3.20. The second-order valence-corrected chi connectivity index (χ2v) is 7.56. The molecule has 0 bridgehead atoms. The van der Waals surface area contributed by atoms with Gasteiger partial charge in [-0.3, -0.25) is 14.6 Å². The molecule has 7 heteroatoms. The van der Waals surface area contributed by atoms with Gasteiger partial charge in [-0.05, 0) is 43.2 Å². The third kappa shape index (κ3) is 4.56. The highest BCUT2D eigenvalue weighted by Crippen LogP contribution is 2.20. The Bertz CT molecular complexity index is 1010. The van der Waals surface area contributed by atoms with Gasteiger partial charge in [0.15, 0.2) is 0 Å². The normalized spacial score (nSPS) is 16.5. The van der Waals surface area contributed by atoms with Gasteiger partial charge in [-0.2, -0.15) is 0 Å². The second-order valence-electron chi connectivity index (χ2n) is 7.56. The van der Waals surface area contributed by atoms with Crippen molar-refractivity contribution < 1.29 is 9.59 Å². The van der Waals surface area contributed by atoms with Gasteiger partial charge < -0.3 is 14.8 Å². The summed E-state index contributed by atoms with van der Waals surface area (Å²) < 4.78 is 2.01. The SMILES string of the molecule is Cc1nccn1-c1ccc(CNC(=O)C2CCC(=O)N(Cc3ccccn3)C2)cc1.